The van der Waals surface area contributed by atoms with Crippen molar-refractivity contribution in [2.24, 2.45) is 0 Å². The predicted molar refractivity (Wildman–Crippen MR) is 265 cm³/mol. The Bertz CT molecular complexity index is 2720. The van der Waals surface area contributed by atoms with Gasteiger partial charge in [-0.2, -0.15) is 0 Å². The molecule has 0 saturated carbocycles. The summed E-state index contributed by atoms with van der Waals surface area (Å²) in [6.07, 6.45) is 5.10. The van der Waals surface area contributed by atoms with E-state index in [0.29, 0.717) is 0 Å². The molecular weight excluding hydrogens is 959 g/mol. The maximum Gasteiger partial charge on any atom is 0.0391 e. The Kier molecular flexibility index (Phi) is 14.4. The van der Waals surface area contributed by atoms with Crippen molar-refractivity contribution >= 4 is 76.7 Å². The monoisotopic (exact) mass is 994 g/mol. The molecule has 0 saturated heterocycles. The first kappa shape index (κ1) is 41.2. The van der Waals surface area contributed by atoms with Crippen LogP contribution in [0.25, 0.3) is 22.3 Å². The van der Waals surface area contributed by atoms with Gasteiger partial charge in [0.2, 0.25) is 0 Å². The molecule has 10 rings (SSSR count). The number of allylic oxidation sites excluding steroid dienone is 2. The van der Waals surface area contributed by atoms with E-state index in [1.165, 1.54) is 63.7 Å². The van der Waals surface area contributed by atoms with Crippen LogP contribution in [0.1, 0.15) is 50.1 Å². The van der Waals surface area contributed by atoms with Crippen molar-refractivity contribution in [1.29, 1.82) is 0 Å². The summed E-state index contributed by atoms with van der Waals surface area (Å²) >= 11 is 9.13. The van der Waals surface area contributed by atoms with E-state index in [0.717, 1.165) is 21.2 Å². The highest BCUT2D eigenvalue weighted by Crippen LogP contribution is 2.58. The van der Waals surface area contributed by atoms with E-state index >= 15 is 0 Å². The first-order chi connectivity index (χ1) is 29.0. The second kappa shape index (κ2) is 20.6. The largest absolute Gasteiger partial charge is 0.115 e. The number of hydrogen-bond acceptors (Lipinski definition) is 0. The maximum absolute atomic E-state index is 5.10. The van der Waals surface area contributed by atoms with Gasteiger partial charge in [0.1, 0.15) is 0 Å². The minimum absolute atomic E-state index is 0.938. The molecule has 0 unspecified atom stereocenters. The summed E-state index contributed by atoms with van der Waals surface area (Å²) in [4.78, 5) is 0. The Balaban J connectivity index is 0.000000142. The molecule has 282 valence electrons. The van der Waals surface area contributed by atoms with Crippen molar-refractivity contribution in [3.63, 3.8) is 0 Å². The fourth-order valence-electron chi connectivity index (χ4n) is 6.90. The summed E-state index contributed by atoms with van der Waals surface area (Å²) < 4.78 is 3.46. The third kappa shape index (κ3) is 10.2. The zero-order valence-corrected chi connectivity index (χ0v) is 37.3. The van der Waals surface area contributed by atoms with E-state index in [1.54, 1.807) is 0 Å². The van der Waals surface area contributed by atoms with E-state index in [9.17, 15) is 0 Å². The minimum Gasteiger partial charge on any atom is -0.115 e. The Labute approximate surface area is 378 Å². The predicted octanol–water partition coefficient (Wildman–Crippen LogP) is 15.5. The van der Waals surface area contributed by atoms with Crippen molar-refractivity contribution in [3.05, 3.63) is 281 Å². The van der Waals surface area contributed by atoms with Crippen LogP contribution in [0.4, 0.5) is 0 Å². The van der Waals surface area contributed by atoms with Crippen LogP contribution >= 0.6 is 54.5 Å². The highest BCUT2D eigenvalue weighted by molar-refractivity contribution is 14.1. The third-order valence-electron chi connectivity index (χ3n) is 9.56. The molecule has 0 N–H and O–H groups in total. The van der Waals surface area contributed by atoms with Gasteiger partial charge < -0.3 is 0 Å². The second-order valence-corrected chi connectivity index (χ2v) is 16.2. The first-order valence-corrected chi connectivity index (χ1v) is 21.7. The van der Waals surface area contributed by atoms with Crippen LogP contribution in [0, 0.1) is 27.8 Å². The summed E-state index contributed by atoms with van der Waals surface area (Å²) in [6.45, 7) is 0. The number of fused-ring (bicyclic) bond motifs is 5. The summed E-state index contributed by atoms with van der Waals surface area (Å²) in [5.74, 6) is 8.78. The van der Waals surface area contributed by atoms with Gasteiger partial charge in [0.15, 0.2) is 0 Å². The quantitative estimate of drug-likeness (QED) is 0.120. The molecule has 0 amide bonds. The maximum atomic E-state index is 5.10. The van der Waals surface area contributed by atoms with E-state index < -0.39 is 0 Å². The topological polar surface area (TPSA) is 0 Å². The molecule has 8 aromatic rings. The number of benzene rings is 8. The standard InChI is InChI=1S/C28H18.C14H9Br.C8H6.C6H4BrI/c1-3-11-19(12-4-1)25-21-15-7-9-17-23(21)28-26(20-13-5-2-6-14-20)22-16-8-10-18-24(22)27(25)28;15-14-9-5-4-8-13(14)11-10-12-6-2-1-3-7-12;1-2-8-6-4-3-5-7-8;7-5-3-1-2-4-6(5)8/h1-18H;1-9H;1,3-7H;1-4H. The van der Waals surface area contributed by atoms with Crippen molar-refractivity contribution in [2.45, 2.75) is 0 Å². The van der Waals surface area contributed by atoms with E-state index in [-0.39, 0.29) is 0 Å². The number of terminal acetylenes is 1. The van der Waals surface area contributed by atoms with Gasteiger partial charge in [-0.1, -0.05) is 188 Å². The molecule has 2 aliphatic rings. The summed E-state index contributed by atoms with van der Waals surface area (Å²) in [7, 11) is 0. The molecular formula is C56H37Br2I. The number of rotatable bonds is 2. The fraction of sp³-hybridized carbons (Fsp3) is 0. The average Bonchev–Trinajstić information content (AvgIpc) is 3.82. The van der Waals surface area contributed by atoms with Crippen LogP contribution < -0.4 is 0 Å². The van der Waals surface area contributed by atoms with Gasteiger partial charge in [-0.05, 0) is 159 Å². The van der Waals surface area contributed by atoms with Crippen LogP contribution in [-0.2, 0) is 0 Å². The molecule has 8 aromatic carbocycles. The summed E-state index contributed by atoms with van der Waals surface area (Å²) in [5, 5.41) is 0. The SMILES string of the molecule is Brc1ccccc1C#Cc1ccccc1.Brc1ccccc1I.C#Cc1ccccc1.c1ccc(C2=C3C(=C(c4ccccc4)c4ccccc43)c3ccccc32)cc1. The van der Waals surface area contributed by atoms with Gasteiger partial charge in [0, 0.05) is 29.2 Å². The lowest BCUT2D eigenvalue weighted by molar-refractivity contribution is 1.52. The first-order valence-electron chi connectivity index (χ1n) is 19.1. The summed E-state index contributed by atoms with van der Waals surface area (Å²) in [6, 6.07) is 75.0. The Morgan fingerprint density at radius 2 is 0.695 bits per heavy atom. The molecule has 2 aliphatic carbocycles. The van der Waals surface area contributed by atoms with E-state index in [1.807, 2.05) is 103 Å². The zero-order chi connectivity index (χ0) is 40.8. The Hall–Kier alpha value is -5.95. The normalized spacial score (nSPS) is 11.4. The molecule has 0 nitrogen and oxygen atoms in total. The van der Waals surface area contributed by atoms with E-state index in [2.05, 4.69) is 187 Å². The van der Waals surface area contributed by atoms with Gasteiger partial charge in [-0.3, -0.25) is 0 Å². The lowest BCUT2D eigenvalue weighted by Crippen LogP contribution is -1.91. The molecule has 0 spiro atoms. The lowest BCUT2D eigenvalue weighted by atomic mass is 9.92. The van der Waals surface area contributed by atoms with Crippen LogP contribution in [0.15, 0.2) is 227 Å². The van der Waals surface area contributed by atoms with Crippen LogP contribution in [0.2, 0.25) is 0 Å². The number of halogens is 3. The fourth-order valence-corrected chi connectivity index (χ4v) is 7.96. The second-order valence-electron chi connectivity index (χ2n) is 13.3. The molecule has 0 bridgehead atoms. The Morgan fingerprint density at radius 3 is 1.08 bits per heavy atom. The molecule has 0 atom stereocenters. The zero-order valence-electron chi connectivity index (χ0n) is 32.0. The van der Waals surface area contributed by atoms with E-state index in [4.69, 9.17) is 6.42 Å². The van der Waals surface area contributed by atoms with Gasteiger partial charge in [0.05, 0.1) is 0 Å². The molecule has 59 heavy (non-hydrogen) atoms. The molecule has 0 aromatic heterocycles. The smallest absolute Gasteiger partial charge is 0.0391 e. The Morgan fingerprint density at radius 1 is 0.339 bits per heavy atom. The molecule has 0 heterocycles. The molecule has 3 heteroatoms. The van der Waals surface area contributed by atoms with Crippen molar-refractivity contribution in [1.82, 2.24) is 0 Å². The molecule has 0 aliphatic heterocycles. The highest BCUT2D eigenvalue weighted by atomic mass is 127. The van der Waals surface area contributed by atoms with Crippen LogP contribution in [0.5, 0.6) is 0 Å². The molecule has 0 radical (unpaired) electrons. The van der Waals surface area contributed by atoms with Crippen LogP contribution in [-0.4, -0.2) is 0 Å². The molecule has 0 fully saturated rings. The van der Waals surface area contributed by atoms with Gasteiger partial charge in [-0.25, -0.2) is 0 Å². The van der Waals surface area contributed by atoms with Crippen molar-refractivity contribution in [3.8, 4) is 24.2 Å². The van der Waals surface area contributed by atoms with Crippen molar-refractivity contribution in [2.75, 3.05) is 0 Å². The minimum atomic E-state index is 0.938. The van der Waals surface area contributed by atoms with Gasteiger partial charge in [-0.15, -0.1) is 6.42 Å². The van der Waals surface area contributed by atoms with Crippen LogP contribution in [0.3, 0.4) is 0 Å². The lowest BCUT2D eigenvalue weighted by Gasteiger charge is -2.11. The number of hydrogen-bond donors (Lipinski definition) is 0. The average molecular weight is 997 g/mol. The third-order valence-corrected chi connectivity index (χ3v) is 12.6. The van der Waals surface area contributed by atoms with Gasteiger partial charge >= 0.3 is 0 Å². The summed E-state index contributed by atoms with van der Waals surface area (Å²) in [5.41, 5.74) is 16.4. The highest BCUT2D eigenvalue weighted by Gasteiger charge is 2.36. The van der Waals surface area contributed by atoms with Gasteiger partial charge in [0.25, 0.3) is 0 Å². The van der Waals surface area contributed by atoms with Crippen molar-refractivity contribution < 1.29 is 0 Å².